The fourth-order valence-electron chi connectivity index (χ4n) is 0.745. The second kappa shape index (κ2) is 3.16. The Bertz CT molecular complexity index is 361. The molecule has 12 heavy (non-hydrogen) atoms. The summed E-state index contributed by atoms with van der Waals surface area (Å²) in [7, 11) is 0. The molecule has 0 spiro atoms. The van der Waals surface area contributed by atoms with Gasteiger partial charge in [-0.2, -0.15) is 4.98 Å². The number of nitrogens with zero attached hydrogens (tertiary/aromatic N) is 2. The molecule has 3 nitrogen and oxygen atoms in total. The lowest BCUT2D eigenvalue weighted by atomic mass is 10.3. The molecular weight excluding hydrogens is 264 g/mol. The average molecular weight is 266 g/mol. The normalized spacial score (nSPS) is 10.5. The maximum Gasteiger partial charge on any atom is 0.264 e. The van der Waals surface area contributed by atoms with Crippen molar-refractivity contribution in [3.8, 4) is 11.5 Å². The monoisotopic (exact) mass is 264 g/mol. The van der Waals surface area contributed by atoms with Crippen molar-refractivity contribution in [1.29, 1.82) is 0 Å². The summed E-state index contributed by atoms with van der Waals surface area (Å²) in [6.07, 6.45) is 0. The van der Waals surface area contributed by atoms with Crippen LogP contribution in [-0.2, 0) is 0 Å². The minimum absolute atomic E-state index is 0.132. The van der Waals surface area contributed by atoms with E-state index in [0.29, 0.717) is 5.89 Å². The van der Waals surface area contributed by atoms with Gasteiger partial charge in [-0.05, 0) is 38.8 Å². The van der Waals surface area contributed by atoms with Crippen molar-refractivity contribution in [2.24, 2.45) is 0 Å². The van der Waals surface area contributed by atoms with E-state index in [2.05, 4.69) is 26.1 Å². The van der Waals surface area contributed by atoms with E-state index in [1.807, 2.05) is 11.4 Å². The minimum Gasteiger partial charge on any atom is -0.333 e. The Balaban J connectivity index is 2.43. The van der Waals surface area contributed by atoms with Crippen molar-refractivity contribution < 1.29 is 4.52 Å². The van der Waals surface area contributed by atoms with E-state index in [9.17, 15) is 0 Å². The van der Waals surface area contributed by atoms with Crippen molar-refractivity contribution in [3.05, 3.63) is 20.5 Å². The zero-order valence-electron chi connectivity index (χ0n) is 5.62. The molecule has 0 N–H and O–H groups in total. The smallest absolute Gasteiger partial charge is 0.264 e. The zero-order valence-corrected chi connectivity index (χ0v) is 8.78. The van der Waals surface area contributed by atoms with E-state index in [-0.39, 0.29) is 5.28 Å². The number of thiophene rings is 1. The predicted molar refractivity (Wildman–Crippen MR) is 50.3 cm³/mol. The summed E-state index contributed by atoms with van der Waals surface area (Å²) in [4.78, 5) is 3.87. The van der Waals surface area contributed by atoms with Gasteiger partial charge in [0.15, 0.2) is 0 Å². The minimum atomic E-state index is 0.132. The van der Waals surface area contributed by atoms with Crippen LogP contribution < -0.4 is 0 Å². The summed E-state index contributed by atoms with van der Waals surface area (Å²) in [5, 5.41) is 5.51. The summed E-state index contributed by atoms with van der Waals surface area (Å²) in [6, 6.07) is 1.90. The Morgan fingerprint density at radius 2 is 2.42 bits per heavy atom. The van der Waals surface area contributed by atoms with Crippen molar-refractivity contribution in [2.45, 2.75) is 0 Å². The highest BCUT2D eigenvalue weighted by Gasteiger charge is 2.08. The summed E-state index contributed by atoms with van der Waals surface area (Å²) < 4.78 is 5.88. The molecule has 0 atom stereocenters. The van der Waals surface area contributed by atoms with Gasteiger partial charge in [-0.15, -0.1) is 11.3 Å². The van der Waals surface area contributed by atoms with Gasteiger partial charge < -0.3 is 4.52 Å². The van der Waals surface area contributed by atoms with E-state index >= 15 is 0 Å². The van der Waals surface area contributed by atoms with Gasteiger partial charge in [0, 0.05) is 5.38 Å². The van der Waals surface area contributed by atoms with Crippen LogP contribution in [0.25, 0.3) is 11.5 Å². The average Bonchev–Trinajstić information content (AvgIpc) is 2.58. The summed E-state index contributed by atoms with van der Waals surface area (Å²) in [5.41, 5.74) is 0.881. The van der Waals surface area contributed by atoms with Crippen LogP contribution in [0, 0.1) is 0 Å². The third kappa shape index (κ3) is 1.53. The number of hydrogen-bond acceptors (Lipinski definition) is 4. The summed E-state index contributed by atoms with van der Waals surface area (Å²) in [5.74, 6) is 0.446. The first kappa shape index (κ1) is 8.22. The first-order chi connectivity index (χ1) is 5.75. The second-order valence-corrected chi connectivity index (χ2v) is 4.64. The highest BCUT2D eigenvalue weighted by Crippen LogP contribution is 2.28. The topological polar surface area (TPSA) is 38.9 Å². The van der Waals surface area contributed by atoms with E-state index in [1.54, 1.807) is 11.3 Å². The largest absolute Gasteiger partial charge is 0.333 e. The molecule has 2 aromatic heterocycles. The summed E-state index contributed by atoms with van der Waals surface area (Å²) in [6.45, 7) is 0. The molecule has 6 heteroatoms. The summed E-state index contributed by atoms with van der Waals surface area (Å²) >= 11 is 10.4. The molecular formula is C6H2BrClN2OS. The van der Waals surface area contributed by atoms with Gasteiger partial charge in [-0.25, -0.2) is 0 Å². The lowest BCUT2D eigenvalue weighted by molar-refractivity contribution is 0.430. The van der Waals surface area contributed by atoms with Gasteiger partial charge in [-0.1, -0.05) is 0 Å². The molecule has 0 fully saturated rings. The molecule has 0 saturated heterocycles. The molecule has 0 radical (unpaired) electrons. The van der Waals surface area contributed by atoms with Gasteiger partial charge in [0.1, 0.15) is 0 Å². The fraction of sp³-hybridized carbons (Fsp3) is 0. The quantitative estimate of drug-likeness (QED) is 0.795. The third-order valence-corrected chi connectivity index (χ3v) is 2.87. The zero-order chi connectivity index (χ0) is 8.55. The van der Waals surface area contributed by atoms with Gasteiger partial charge in [0.2, 0.25) is 0 Å². The van der Waals surface area contributed by atoms with Crippen LogP contribution in [0.5, 0.6) is 0 Å². The van der Waals surface area contributed by atoms with Crippen LogP contribution in [0.1, 0.15) is 0 Å². The van der Waals surface area contributed by atoms with E-state index in [0.717, 1.165) is 9.35 Å². The van der Waals surface area contributed by atoms with Crippen molar-refractivity contribution in [3.63, 3.8) is 0 Å². The Labute approximate surface area is 85.5 Å². The van der Waals surface area contributed by atoms with Crippen molar-refractivity contribution in [2.75, 3.05) is 0 Å². The molecule has 0 aliphatic heterocycles. The Morgan fingerprint density at radius 3 is 2.92 bits per heavy atom. The molecule has 0 aromatic carbocycles. The fourth-order valence-corrected chi connectivity index (χ4v) is 1.99. The van der Waals surface area contributed by atoms with Crippen molar-refractivity contribution >= 4 is 38.9 Å². The van der Waals surface area contributed by atoms with Gasteiger partial charge in [-0.3, -0.25) is 0 Å². The maximum absolute atomic E-state index is 5.49. The molecule has 62 valence electrons. The number of aromatic nitrogens is 2. The standard InChI is InChI=1S/C6H2BrClN2OS/c7-4-1-3(2-12-4)5-9-6(8)10-11-5/h1-2H. The Morgan fingerprint density at radius 1 is 1.58 bits per heavy atom. The first-order valence-corrected chi connectivity index (χ1v) is 5.04. The van der Waals surface area contributed by atoms with Crippen LogP contribution in [-0.4, -0.2) is 10.1 Å². The Hall–Kier alpha value is -0.390. The van der Waals surface area contributed by atoms with Crippen LogP contribution >= 0.6 is 38.9 Å². The van der Waals surface area contributed by atoms with Gasteiger partial charge in [0.05, 0.1) is 9.35 Å². The van der Waals surface area contributed by atoms with Crippen LogP contribution in [0.3, 0.4) is 0 Å². The van der Waals surface area contributed by atoms with E-state index in [4.69, 9.17) is 16.1 Å². The lowest BCUT2D eigenvalue weighted by Gasteiger charge is -1.81. The van der Waals surface area contributed by atoms with Gasteiger partial charge >= 0.3 is 0 Å². The lowest BCUT2D eigenvalue weighted by Crippen LogP contribution is -1.69. The highest BCUT2D eigenvalue weighted by atomic mass is 79.9. The van der Waals surface area contributed by atoms with E-state index in [1.165, 1.54) is 0 Å². The van der Waals surface area contributed by atoms with Crippen molar-refractivity contribution in [1.82, 2.24) is 10.1 Å². The molecule has 2 heterocycles. The molecule has 0 saturated carbocycles. The number of halogens is 2. The van der Waals surface area contributed by atoms with Gasteiger partial charge in [0.25, 0.3) is 11.2 Å². The molecule has 0 aliphatic rings. The first-order valence-electron chi connectivity index (χ1n) is 2.99. The molecule has 0 unspecified atom stereocenters. The van der Waals surface area contributed by atoms with Crippen LogP contribution in [0.2, 0.25) is 5.28 Å². The number of rotatable bonds is 1. The Kier molecular flexibility index (Phi) is 2.16. The van der Waals surface area contributed by atoms with Crippen LogP contribution in [0.4, 0.5) is 0 Å². The third-order valence-electron chi connectivity index (χ3n) is 1.22. The van der Waals surface area contributed by atoms with E-state index < -0.39 is 0 Å². The maximum atomic E-state index is 5.49. The molecule has 0 bridgehead atoms. The molecule has 2 rings (SSSR count). The van der Waals surface area contributed by atoms with Crippen LogP contribution in [0.15, 0.2) is 19.8 Å². The highest BCUT2D eigenvalue weighted by molar-refractivity contribution is 9.11. The SMILES string of the molecule is Clc1noc(-c2csc(Br)c2)n1. The molecule has 0 amide bonds. The second-order valence-electron chi connectivity index (χ2n) is 2.01. The molecule has 2 aromatic rings. The predicted octanol–water partition coefficient (Wildman–Crippen LogP) is 3.21. The molecule has 0 aliphatic carbocycles. The number of hydrogen-bond donors (Lipinski definition) is 0.